The zero-order valence-electron chi connectivity index (χ0n) is 12.9. The first-order valence-electron chi connectivity index (χ1n) is 7.44. The van der Waals surface area contributed by atoms with Crippen molar-refractivity contribution in [1.29, 1.82) is 0 Å². The minimum Gasteiger partial charge on any atom is -0.389 e. The van der Waals surface area contributed by atoms with Crippen LogP contribution >= 0.6 is 0 Å². The average Bonchev–Trinajstić information content (AvgIpc) is 2.25. The molecule has 0 amide bonds. The van der Waals surface area contributed by atoms with Gasteiger partial charge in [-0.05, 0) is 38.1 Å². The summed E-state index contributed by atoms with van der Waals surface area (Å²) in [5.41, 5.74) is -0.184. The van der Waals surface area contributed by atoms with Crippen LogP contribution in [0.3, 0.4) is 0 Å². The Hall–Kier alpha value is -0.120. The van der Waals surface area contributed by atoms with E-state index < -0.39 is 5.60 Å². The molecule has 0 saturated carbocycles. The Morgan fingerprint density at radius 2 is 2.11 bits per heavy atom. The number of piperidine rings is 1. The summed E-state index contributed by atoms with van der Waals surface area (Å²) in [6.45, 7) is 15.1. The largest absolute Gasteiger partial charge is 0.389 e. The molecule has 3 nitrogen and oxygen atoms in total. The maximum absolute atomic E-state index is 10.2. The molecule has 3 heteroatoms. The van der Waals surface area contributed by atoms with Gasteiger partial charge in [0.25, 0.3) is 0 Å². The fourth-order valence-electron chi connectivity index (χ4n) is 2.74. The van der Waals surface area contributed by atoms with Crippen molar-refractivity contribution < 1.29 is 5.11 Å². The maximum Gasteiger partial charge on any atom is 0.0746 e. The van der Waals surface area contributed by atoms with E-state index in [1.807, 2.05) is 6.92 Å². The van der Waals surface area contributed by atoms with Crippen LogP contribution in [0.4, 0.5) is 0 Å². The molecule has 108 valence electrons. The van der Waals surface area contributed by atoms with Gasteiger partial charge in [-0.25, -0.2) is 0 Å². The number of hydrogen-bond donors (Lipinski definition) is 2. The van der Waals surface area contributed by atoms with Crippen LogP contribution in [-0.4, -0.2) is 47.8 Å². The summed E-state index contributed by atoms with van der Waals surface area (Å²) < 4.78 is 0. The third kappa shape index (κ3) is 5.25. The summed E-state index contributed by atoms with van der Waals surface area (Å²) in [7, 11) is 0. The molecule has 0 aromatic rings. The lowest BCUT2D eigenvalue weighted by Gasteiger charge is -2.42. The molecule has 1 fully saturated rings. The minimum atomic E-state index is -0.488. The highest BCUT2D eigenvalue weighted by Gasteiger charge is 2.32. The lowest BCUT2D eigenvalue weighted by molar-refractivity contribution is -0.0274. The van der Waals surface area contributed by atoms with Gasteiger partial charge in [-0.3, -0.25) is 4.90 Å². The molecule has 0 bridgehead atoms. The van der Waals surface area contributed by atoms with E-state index in [-0.39, 0.29) is 0 Å². The van der Waals surface area contributed by atoms with Gasteiger partial charge in [-0.2, -0.15) is 0 Å². The summed E-state index contributed by atoms with van der Waals surface area (Å²) in [6.07, 6.45) is 3.23. The number of likely N-dealkylation sites (tertiary alicyclic amines) is 1. The van der Waals surface area contributed by atoms with E-state index >= 15 is 0 Å². The van der Waals surface area contributed by atoms with E-state index in [4.69, 9.17) is 0 Å². The van der Waals surface area contributed by atoms with Crippen molar-refractivity contribution in [3.05, 3.63) is 0 Å². The molecule has 1 rings (SSSR count). The van der Waals surface area contributed by atoms with Crippen LogP contribution in [0.15, 0.2) is 0 Å². The van der Waals surface area contributed by atoms with Crippen molar-refractivity contribution in [2.24, 2.45) is 5.41 Å². The van der Waals surface area contributed by atoms with Gasteiger partial charge in [0, 0.05) is 25.7 Å². The SMILES string of the molecule is CCC(C)(CNC(C)C)CN1CCCC(C)(O)C1. The normalized spacial score (nSPS) is 29.5. The summed E-state index contributed by atoms with van der Waals surface area (Å²) in [5.74, 6) is 0. The molecule has 18 heavy (non-hydrogen) atoms. The van der Waals surface area contributed by atoms with Crippen LogP contribution in [0, 0.1) is 5.41 Å². The van der Waals surface area contributed by atoms with Crippen molar-refractivity contribution in [2.75, 3.05) is 26.2 Å². The average molecular weight is 256 g/mol. The standard InChI is InChI=1S/C15H32N2O/c1-6-14(4,10-16-13(2)3)11-17-9-7-8-15(5,18)12-17/h13,16,18H,6-12H2,1-5H3. The molecule has 0 radical (unpaired) electrons. The molecule has 1 aliphatic heterocycles. The molecular weight excluding hydrogens is 224 g/mol. The molecule has 0 aliphatic carbocycles. The van der Waals surface area contributed by atoms with Gasteiger partial charge < -0.3 is 10.4 Å². The van der Waals surface area contributed by atoms with Crippen LogP contribution in [0.2, 0.25) is 0 Å². The number of nitrogens with zero attached hydrogens (tertiary/aromatic N) is 1. The van der Waals surface area contributed by atoms with Crippen molar-refractivity contribution >= 4 is 0 Å². The fraction of sp³-hybridized carbons (Fsp3) is 1.00. The van der Waals surface area contributed by atoms with Crippen molar-refractivity contribution in [1.82, 2.24) is 10.2 Å². The molecule has 2 N–H and O–H groups in total. The van der Waals surface area contributed by atoms with Gasteiger partial charge in [0.05, 0.1) is 5.60 Å². The van der Waals surface area contributed by atoms with Crippen LogP contribution < -0.4 is 5.32 Å². The Bertz CT molecular complexity index is 253. The van der Waals surface area contributed by atoms with Crippen LogP contribution in [-0.2, 0) is 0 Å². The summed E-state index contributed by atoms with van der Waals surface area (Å²) in [4.78, 5) is 2.44. The Balaban J connectivity index is 2.51. The number of rotatable bonds is 6. The monoisotopic (exact) mass is 256 g/mol. The lowest BCUT2D eigenvalue weighted by atomic mass is 9.85. The highest BCUT2D eigenvalue weighted by Crippen LogP contribution is 2.27. The van der Waals surface area contributed by atoms with Gasteiger partial charge in [0.2, 0.25) is 0 Å². The van der Waals surface area contributed by atoms with E-state index in [1.54, 1.807) is 0 Å². The van der Waals surface area contributed by atoms with E-state index in [2.05, 4.69) is 37.9 Å². The molecular formula is C15H32N2O. The zero-order chi connectivity index (χ0) is 13.8. The van der Waals surface area contributed by atoms with E-state index in [1.165, 1.54) is 6.42 Å². The second-order valence-electron chi connectivity index (χ2n) is 7.01. The number of β-amino-alcohol motifs (C(OH)–C–C–N with tert-alkyl or cyclic N) is 1. The second kappa shape index (κ2) is 6.36. The van der Waals surface area contributed by atoms with E-state index in [0.717, 1.165) is 39.0 Å². The molecule has 0 aromatic carbocycles. The summed E-state index contributed by atoms with van der Waals surface area (Å²) in [5, 5.41) is 13.7. The third-order valence-electron chi connectivity index (χ3n) is 4.15. The Labute approximate surface area is 113 Å². The summed E-state index contributed by atoms with van der Waals surface area (Å²) in [6, 6.07) is 0.542. The van der Waals surface area contributed by atoms with Gasteiger partial charge in [0.1, 0.15) is 0 Å². The zero-order valence-corrected chi connectivity index (χ0v) is 12.9. The highest BCUT2D eigenvalue weighted by atomic mass is 16.3. The van der Waals surface area contributed by atoms with Crippen molar-refractivity contribution in [3.8, 4) is 0 Å². The van der Waals surface area contributed by atoms with Gasteiger partial charge in [-0.15, -0.1) is 0 Å². The van der Waals surface area contributed by atoms with Gasteiger partial charge in [0.15, 0.2) is 0 Å². The van der Waals surface area contributed by atoms with E-state index in [9.17, 15) is 5.11 Å². The Kier molecular flexibility index (Phi) is 5.63. The predicted octanol–water partition coefficient (Wildman–Crippen LogP) is 2.25. The quantitative estimate of drug-likeness (QED) is 0.765. The van der Waals surface area contributed by atoms with Gasteiger partial charge >= 0.3 is 0 Å². The van der Waals surface area contributed by atoms with Crippen molar-refractivity contribution in [3.63, 3.8) is 0 Å². The molecule has 1 aliphatic rings. The first-order chi connectivity index (χ1) is 8.26. The fourth-order valence-corrected chi connectivity index (χ4v) is 2.74. The molecule has 2 unspecified atom stereocenters. The number of hydrogen-bond acceptors (Lipinski definition) is 3. The Morgan fingerprint density at radius 3 is 2.61 bits per heavy atom. The van der Waals surface area contributed by atoms with E-state index in [0.29, 0.717) is 11.5 Å². The smallest absolute Gasteiger partial charge is 0.0746 e. The highest BCUT2D eigenvalue weighted by molar-refractivity contribution is 4.87. The molecule has 1 heterocycles. The first kappa shape index (κ1) is 15.9. The predicted molar refractivity (Wildman–Crippen MR) is 77.8 cm³/mol. The van der Waals surface area contributed by atoms with Crippen LogP contribution in [0.5, 0.6) is 0 Å². The maximum atomic E-state index is 10.2. The van der Waals surface area contributed by atoms with Crippen LogP contribution in [0.1, 0.15) is 53.9 Å². The van der Waals surface area contributed by atoms with Crippen molar-refractivity contribution in [2.45, 2.75) is 65.5 Å². The minimum absolute atomic E-state index is 0.303. The summed E-state index contributed by atoms with van der Waals surface area (Å²) >= 11 is 0. The molecule has 2 atom stereocenters. The molecule has 0 spiro atoms. The first-order valence-corrected chi connectivity index (χ1v) is 7.44. The third-order valence-corrected chi connectivity index (χ3v) is 4.15. The topological polar surface area (TPSA) is 35.5 Å². The Morgan fingerprint density at radius 1 is 1.44 bits per heavy atom. The molecule has 1 saturated heterocycles. The number of nitrogens with one attached hydrogen (secondary N) is 1. The number of aliphatic hydroxyl groups is 1. The van der Waals surface area contributed by atoms with Gasteiger partial charge in [-0.1, -0.05) is 27.7 Å². The second-order valence-corrected chi connectivity index (χ2v) is 7.01. The molecule has 0 aromatic heterocycles. The lowest BCUT2D eigenvalue weighted by Crippen LogP contribution is -2.51. The van der Waals surface area contributed by atoms with Crippen LogP contribution in [0.25, 0.3) is 0 Å².